The molecule has 0 heterocycles. The first-order valence-corrected chi connectivity index (χ1v) is 6.56. The summed E-state index contributed by atoms with van der Waals surface area (Å²) in [5, 5.41) is 4.39. The third-order valence-corrected chi connectivity index (χ3v) is 2.74. The Morgan fingerprint density at radius 1 is 1.23 bits per heavy atom. The van der Waals surface area contributed by atoms with Gasteiger partial charge in [-0.25, -0.2) is 18.4 Å². The molecule has 2 N–H and O–H groups in total. The van der Waals surface area contributed by atoms with Crippen LogP contribution in [0.5, 0.6) is 0 Å². The van der Waals surface area contributed by atoms with Crippen LogP contribution < -0.4 is 10.6 Å². The van der Waals surface area contributed by atoms with Crippen molar-refractivity contribution in [3.63, 3.8) is 0 Å². The van der Waals surface area contributed by atoms with Gasteiger partial charge in [-0.15, -0.1) is 0 Å². The fraction of sp³-hybridized carbons (Fsp3) is 0.357. The molecule has 0 unspecified atom stereocenters. The van der Waals surface area contributed by atoms with E-state index in [1.807, 2.05) is 12.2 Å². The molecule has 0 saturated heterocycles. The molecule has 1 aromatic carbocycles. The van der Waals surface area contributed by atoms with Crippen LogP contribution in [-0.2, 0) is 9.53 Å². The van der Waals surface area contributed by atoms with E-state index < -0.39 is 41.7 Å². The molecule has 6 nitrogen and oxygen atoms in total. The minimum atomic E-state index is -1.33. The molecule has 8 heteroatoms. The average molecular weight is 314 g/mol. The predicted molar refractivity (Wildman–Crippen MR) is 73.1 cm³/mol. The van der Waals surface area contributed by atoms with Gasteiger partial charge < -0.3 is 10.1 Å². The van der Waals surface area contributed by atoms with Crippen LogP contribution in [0.2, 0.25) is 0 Å². The molecule has 3 amide bonds. The summed E-state index contributed by atoms with van der Waals surface area (Å²) < 4.78 is 31.1. The summed E-state index contributed by atoms with van der Waals surface area (Å²) in [6.07, 6.45) is 0.670. The summed E-state index contributed by atoms with van der Waals surface area (Å²) >= 11 is 0. The van der Waals surface area contributed by atoms with Crippen LogP contribution in [-0.4, -0.2) is 30.6 Å². The van der Waals surface area contributed by atoms with E-state index in [9.17, 15) is 23.2 Å². The zero-order valence-electron chi connectivity index (χ0n) is 12.1. The van der Waals surface area contributed by atoms with Gasteiger partial charge in [0.05, 0.1) is 0 Å². The number of benzene rings is 1. The van der Waals surface area contributed by atoms with Crippen molar-refractivity contribution in [2.75, 3.05) is 6.61 Å². The van der Waals surface area contributed by atoms with Gasteiger partial charge in [0.2, 0.25) is 0 Å². The zero-order chi connectivity index (χ0) is 16.7. The van der Waals surface area contributed by atoms with Crippen molar-refractivity contribution < 1.29 is 27.9 Å². The SMILES string of the molecule is CC[C@@H](C)NC(=O)NC(=O)COC(=O)c1c(F)cccc1F. The fourth-order valence-corrected chi connectivity index (χ4v) is 1.42. The average Bonchev–Trinajstić information content (AvgIpc) is 2.44. The van der Waals surface area contributed by atoms with E-state index in [4.69, 9.17) is 0 Å². The number of ether oxygens (including phenoxy) is 1. The Balaban J connectivity index is 2.51. The van der Waals surface area contributed by atoms with E-state index in [2.05, 4.69) is 10.1 Å². The maximum Gasteiger partial charge on any atom is 0.344 e. The summed E-state index contributed by atoms with van der Waals surface area (Å²) in [5.74, 6) is -4.43. The van der Waals surface area contributed by atoms with Crippen LogP contribution in [0.25, 0.3) is 0 Å². The van der Waals surface area contributed by atoms with E-state index in [1.54, 1.807) is 6.92 Å². The van der Waals surface area contributed by atoms with Crippen molar-refractivity contribution in [1.82, 2.24) is 10.6 Å². The smallest absolute Gasteiger partial charge is 0.344 e. The van der Waals surface area contributed by atoms with Crippen LogP contribution in [0, 0.1) is 11.6 Å². The quantitative estimate of drug-likeness (QED) is 0.811. The maximum atomic E-state index is 13.3. The zero-order valence-corrected chi connectivity index (χ0v) is 12.1. The van der Waals surface area contributed by atoms with Crippen LogP contribution in [0.15, 0.2) is 18.2 Å². The summed E-state index contributed by atoms with van der Waals surface area (Å²) in [6, 6.07) is 1.99. The number of urea groups is 1. The van der Waals surface area contributed by atoms with Gasteiger partial charge in [-0.3, -0.25) is 10.1 Å². The first kappa shape index (κ1) is 17.5. The van der Waals surface area contributed by atoms with E-state index in [0.717, 1.165) is 18.2 Å². The Morgan fingerprint density at radius 3 is 2.36 bits per heavy atom. The molecule has 0 bridgehead atoms. The predicted octanol–water partition coefficient (Wildman–Crippen LogP) is 1.75. The number of hydrogen-bond acceptors (Lipinski definition) is 4. The van der Waals surface area contributed by atoms with Gasteiger partial charge in [0, 0.05) is 6.04 Å². The summed E-state index contributed by atoms with van der Waals surface area (Å²) in [4.78, 5) is 34.3. The van der Waals surface area contributed by atoms with Crippen LogP contribution in [0.1, 0.15) is 30.6 Å². The number of carbonyl (C=O) groups is 3. The Labute approximate surface area is 125 Å². The summed E-state index contributed by atoms with van der Waals surface area (Å²) in [6.45, 7) is 2.75. The van der Waals surface area contributed by atoms with Gasteiger partial charge in [0.15, 0.2) is 6.61 Å². The molecule has 1 atom stereocenters. The molecule has 0 aliphatic carbocycles. The van der Waals surface area contributed by atoms with Gasteiger partial charge in [-0.1, -0.05) is 13.0 Å². The minimum Gasteiger partial charge on any atom is -0.452 e. The molecule has 0 aromatic heterocycles. The highest BCUT2D eigenvalue weighted by molar-refractivity contribution is 5.97. The molecule has 0 spiro atoms. The lowest BCUT2D eigenvalue weighted by Crippen LogP contribution is -2.44. The Hall–Kier alpha value is -2.51. The highest BCUT2D eigenvalue weighted by Gasteiger charge is 2.20. The second kappa shape index (κ2) is 8.06. The Bertz CT molecular complexity index is 558. The van der Waals surface area contributed by atoms with Gasteiger partial charge >= 0.3 is 12.0 Å². The molecule has 1 rings (SSSR count). The molecule has 0 fully saturated rings. The largest absolute Gasteiger partial charge is 0.452 e. The number of carbonyl (C=O) groups excluding carboxylic acids is 3. The lowest BCUT2D eigenvalue weighted by molar-refractivity contribution is -0.123. The highest BCUT2D eigenvalue weighted by Crippen LogP contribution is 2.13. The van der Waals surface area contributed by atoms with Gasteiger partial charge in [0.25, 0.3) is 5.91 Å². The van der Waals surface area contributed by atoms with Crippen LogP contribution in [0.4, 0.5) is 13.6 Å². The second-order valence-electron chi connectivity index (χ2n) is 4.50. The minimum absolute atomic E-state index is 0.136. The number of hydrogen-bond donors (Lipinski definition) is 2. The normalized spacial score (nSPS) is 11.5. The van der Waals surface area contributed by atoms with Crippen molar-refractivity contribution in [3.05, 3.63) is 35.4 Å². The van der Waals surface area contributed by atoms with Gasteiger partial charge in [-0.05, 0) is 25.5 Å². The third-order valence-electron chi connectivity index (χ3n) is 2.74. The molecule has 0 radical (unpaired) electrons. The van der Waals surface area contributed by atoms with Crippen molar-refractivity contribution >= 4 is 17.9 Å². The monoisotopic (exact) mass is 314 g/mol. The van der Waals surface area contributed by atoms with Gasteiger partial charge in [0.1, 0.15) is 17.2 Å². The van der Waals surface area contributed by atoms with Crippen molar-refractivity contribution in [2.45, 2.75) is 26.3 Å². The number of rotatable bonds is 5. The molecular weight excluding hydrogens is 298 g/mol. The Kier molecular flexibility index (Phi) is 6.43. The lowest BCUT2D eigenvalue weighted by Gasteiger charge is -2.12. The molecular formula is C14H16F2N2O4. The molecule has 0 aliphatic rings. The fourth-order valence-electron chi connectivity index (χ4n) is 1.42. The van der Waals surface area contributed by atoms with E-state index in [1.165, 1.54) is 0 Å². The topological polar surface area (TPSA) is 84.5 Å². The number of esters is 1. The highest BCUT2D eigenvalue weighted by atomic mass is 19.1. The van der Waals surface area contributed by atoms with Crippen molar-refractivity contribution in [3.8, 4) is 0 Å². The van der Waals surface area contributed by atoms with Crippen molar-refractivity contribution in [2.24, 2.45) is 0 Å². The van der Waals surface area contributed by atoms with Gasteiger partial charge in [-0.2, -0.15) is 0 Å². The molecule has 1 aromatic rings. The summed E-state index contributed by atoms with van der Waals surface area (Å²) in [5.41, 5.74) is -0.889. The summed E-state index contributed by atoms with van der Waals surface area (Å²) in [7, 11) is 0. The first-order chi connectivity index (χ1) is 10.3. The molecule has 22 heavy (non-hydrogen) atoms. The number of imide groups is 1. The second-order valence-corrected chi connectivity index (χ2v) is 4.50. The van der Waals surface area contributed by atoms with E-state index >= 15 is 0 Å². The molecule has 0 saturated carbocycles. The maximum absolute atomic E-state index is 13.3. The number of nitrogens with one attached hydrogen (secondary N) is 2. The number of amides is 3. The van der Waals surface area contributed by atoms with Crippen LogP contribution in [0.3, 0.4) is 0 Å². The molecule has 120 valence electrons. The van der Waals surface area contributed by atoms with E-state index in [0.29, 0.717) is 6.42 Å². The molecule has 0 aliphatic heterocycles. The Morgan fingerprint density at radius 2 is 1.82 bits per heavy atom. The standard InChI is InChI=1S/C14H16F2N2O4/c1-3-8(2)17-14(21)18-11(19)7-22-13(20)12-9(15)5-4-6-10(12)16/h4-6,8H,3,7H2,1-2H3,(H2,17,18,19,21)/t8-/m1/s1. The van der Waals surface area contributed by atoms with Crippen LogP contribution >= 0.6 is 0 Å². The van der Waals surface area contributed by atoms with Crippen molar-refractivity contribution in [1.29, 1.82) is 0 Å². The number of halogens is 2. The van der Waals surface area contributed by atoms with E-state index in [-0.39, 0.29) is 6.04 Å². The first-order valence-electron chi connectivity index (χ1n) is 6.56. The third kappa shape index (κ3) is 5.12. The lowest BCUT2D eigenvalue weighted by atomic mass is 10.2.